The average molecular weight is 508 g/mol. The number of aromatic nitrogens is 5. The Bertz CT molecular complexity index is 1610. The van der Waals surface area contributed by atoms with E-state index in [-0.39, 0.29) is 27.6 Å². The summed E-state index contributed by atoms with van der Waals surface area (Å²) in [6.45, 7) is 1.56. The van der Waals surface area contributed by atoms with Gasteiger partial charge in [0, 0.05) is 17.8 Å². The SMILES string of the molecule is CCS(=O)(=O)c1ccc(Oc2cc3cc(-c4ccccn4)[nH]c3nc2Oc2cccnc2Cl)cn1. The number of pyridine rings is 4. The summed E-state index contributed by atoms with van der Waals surface area (Å²) in [5, 5.41) is 0.894. The van der Waals surface area contributed by atoms with E-state index in [0.29, 0.717) is 17.1 Å². The topological polar surface area (TPSA) is 120 Å². The molecule has 0 amide bonds. The number of nitrogens with one attached hydrogen (secondary N) is 1. The Morgan fingerprint density at radius 3 is 2.51 bits per heavy atom. The first kappa shape index (κ1) is 22.8. The molecule has 0 saturated carbocycles. The number of halogens is 1. The van der Waals surface area contributed by atoms with E-state index in [2.05, 4.69) is 24.9 Å². The Balaban J connectivity index is 1.56. The van der Waals surface area contributed by atoms with Crippen molar-refractivity contribution in [1.29, 1.82) is 0 Å². The van der Waals surface area contributed by atoms with Gasteiger partial charge in [-0.3, -0.25) is 4.98 Å². The molecule has 0 aliphatic carbocycles. The first-order valence-electron chi connectivity index (χ1n) is 10.5. The van der Waals surface area contributed by atoms with E-state index in [1.54, 1.807) is 37.5 Å². The summed E-state index contributed by atoms with van der Waals surface area (Å²) in [5.74, 6) is 0.967. The van der Waals surface area contributed by atoms with E-state index >= 15 is 0 Å². The van der Waals surface area contributed by atoms with Gasteiger partial charge >= 0.3 is 0 Å². The molecule has 0 atom stereocenters. The summed E-state index contributed by atoms with van der Waals surface area (Å²) in [6.07, 6.45) is 4.59. The van der Waals surface area contributed by atoms with Crippen LogP contribution in [0, 0.1) is 0 Å². The molecule has 5 rings (SSSR count). The van der Waals surface area contributed by atoms with Gasteiger partial charge in [0.1, 0.15) is 11.4 Å². The lowest BCUT2D eigenvalue weighted by Crippen LogP contribution is -2.05. The molecule has 176 valence electrons. The smallest absolute Gasteiger partial charge is 0.265 e. The predicted octanol–water partition coefficient (Wildman–Crippen LogP) is 5.45. The third kappa shape index (κ3) is 4.79. The monoisotopic (exact) mass is 507 g/mol. The molecule has 5 heterocycles. The summed E-state index contributed by atoms with van der Waals surface area (Å²) in [7, 11) is -3.43. The second-order valence-electron chi connectivity index (χ2n) is 7.36. The van der Waals surface area contributed by atoms with Crippen LogP contribution in [0.1, 0.15) is 6.92 Å². The summed E-state index contributed by atoms with van der Waals surface area (Å²) >= 11 is 6.18. The molecule has 35 heavy (non-hydrogen) atoms. The van der Waals surface area contributed by atoms with Gasteiger partial charge in [0.15, 0.2) is 31.5 Å². The molecule has 0 aromatic carbocycles. The standard InChI is InChI=1S/C24H18ClN5O4S/c1-2-35(31,32)21-9-8-16(14-28-21)33-20-13-15-12-18(17-6-3-4-10-26-17)29-23(15)30-24(20)34-19-7-5-11-27-22(19)25/h3-14H,2H2,1H3,(H,29,30). The Kier molecular flexibility index (Phi) is 6.06. The van der Waals surface area contributed by atoms with Crippen molar-refractivity contribution in [3.05, 3.63) is 78.3 Å². The zero-order valence-electron chi connectivity index (χ0n) is 18.3. The molecule has 9 nitrogen and oxygen atoms in total. The molecule has 5 aromatic rings. The largest absolute Gasteiger partial charge is 0.450 e. The molecule has 0 bridgehead atoms. The number of hydrogen-bond donors (Lipinski definition) is 1. The molecule has 0 unspecified atom stereocenters. The van der Waals surface area contributed by atoms with Gasteiger partial charge in [-0.15, -0.1) is 0 Å². The fourth-order valence-electron chi connectivity index (χ4n) is 3.27. The normalized spacial score (nSPS) is 11.5. The molecule has 11 heteroatoms. The Hall–Kier alpha value is -4.02. The molecule has 0 aliphatic rings. The first-order chi connectivity index (χ1) is 16.9. The maximum atomic E-state index is 12.1. The summed E-state index contributed by atoms with van der Waals surface area (Å²) in [4.78, 5) is 20.3. The van der Waals surface area contributed by atoms with E-state index in [1.165, 1.54) is 18.3 Å². The summed E-state index contributed by atoms with van der Waals surface area (Å²) < 4.78 is 36.1. The van der Waals surface area contributed by atoms with Crippen molar-refractivity contribution in [3.8, 4) is 34.5 Å². The molecule has 0 fully saturated rings. The van der Waals surface area contributed by atoms with Crippen molar-refractivity contribution in [2.45, 2.75) is 11.9 Å². The van der Waals surface area contributed by atoms with Gasteiger partial charge in [0.2, 0.25) is 0 Å². The van der Waals surface area contributed by atoms with Crippen LogP contribution in [0.2, 0.25) is 5.15 Å². The summed E-state index contributed by atoms with van der Waals surface area (Å²) in [6, 6.07) is 15.5. The Morgan fingerprint density at radius 1 is 0.943 bits per heavy atom. The zero-order valence-corrected chi connectivity index (χ0v) is 19.9. The number of fused-ring (bicyclic) bond motifs is 1. The van der Waals surface area contributed by atoms with Crippen LogP contribution in [0.25, 0.3) is 22.4 Å². The van der Waals surface area contributed by atoms with Gasteiger partial charge in [-0.25, -0.2) is 18.4 Å². The predicted molar refractivity (Wildman–Crippen MR) is 131 cm³/mol. The Labute approximate surface area is 205 Å². The highest BCUT2D eigenvalue weighted by molar-refractivity contribution is 7.91. The van der Waals surface area contributed by atoms with Crippen LogP contribution < -0.4 is 9.47 Å². The van der Waals surface area contributed by atoms with Gasteiger partial charge < -0.3 is 14.5 Å². The van der Waals surface area contributed by atoms with Gasteiger partial charge in [-0.1, -0.05) is 24.6 Å². The van der Waals surface area contributed by atoms with Crippen LogP contribution in [-0.4, -0.2) is 39.1 Å². The number of rotatable bonds is 7. The van der Waals surface area contributed by atoms with Crippen LogP contribution in [0.5, 0.6) is 23.1 Å². The van der Waals surface area contributed by atoms with E-state index in [9.17, 15) is 8.42 Å². The first-order valence-corrected chi connectivity index (χ1v) is 12.6. The van der Waals surface area contributed by atoms with Crippen molar-refractivity contribution in [2.75, 3.05) is 5.75 Å². The van der Waals surface area contributed by atoms with Crippen LogP contribution in [0.3, 0.4) is 0 Å². The van der Waals surface area contributed by atoms with Crippen LogP contribution in [-0.2, 0) is 9.84 Å². The quantitative estimate of drug-likeness (QED) is 0.289. The van der Waals surface area contributed by atoms with Crippen LogP contribution >= 0.6 is 11.6 Å². The summed E-state index contributed by atoms with van der Waals surface area (Å²) in [5.41, 5.74) is 2.07. The van der Waals surface area contributed by atoms with E-state index in [0.717, 1.165) is 16.8 Å². The highest BCUT2D eigenvalue weighted by Crippen LogP contribution is 2.38. The molecule has 0 saturated heterocycles. The number of sulfone groups is 1. The lowest BCUT2D eigenvalue weighted by molar-refractivity contribution is 0.405. The van der Waals surface area contributed by atoms with E-state index < -0.39 is 9.84 Å². The lowest BCUT2D eigenvalue weighted by Gasteiger charge is -2.12. The Morgan fingerprint density at radius 2 is 1.80 bits per heavy atom. The lowest BCUT2D eigenvalue weighted by atomic mass is 10.2. The zero-order chi connectivity index (χ0) is 24.4. The van der Waals surface area contributed by atoms with Gasteiger partial charge in [-0.05, 0) is 48.5 Å². The van der Waals surface area contributed by atoms with Crippen molar-refractivity contribution < 1.29 is 17.9 Å². The maximum absolute atomic E-state index is 12.1. The third-order valence-electron chi connectivity index (χ3n) is 5.05. The fraction of sp³-hybridized carbons (Fsp3) is 0.0833. The molecule has 0 radical (unpaired) electrons. The molecule has 0 spiro atoms. The molecule has 1 N–H and O–H groups in total. The van der Waals surface area contributed by atoms with Crippen molar-refractivity contribution in [2.24, 2.45) is 0 Å². The molecule has 5 aromatic heterocycles. The minimum atomic E-state index is -3.43. The maximum Gasteiger partial charge on any atom is 0.265 e. The fourth-order valence-corrected chi connectivity index (χ4v) is 4.21. The van der Waals surface area contributed by atoms with Gasteiger partial charge in [0.25, 0.3) is 5.88 Å². The number of nitrogens with zero attached hydrogens (tertiary/aromatic N) is 4. The number of hydrogen-bond acceptors (Lipinski definition) is 8. The van der Waals surface area contributed by atoms with E-state index in [1.807, 2.05) is 24.3 Å². The minimum Gasteiger partial charge on any atom is -0.450 e. The molecular weight excluding hydrogens is 490 g/mol. The second-order valence-corrected chi connectivity index (χ2v) is 9.94. The van der Waals surface area contributed by atoms with Crippen molar-refractivity contribution >= 4 is 32.5 Å². The second kappa shape index (κ2) is 9.32. The van der Waals surface area contributed by atoms with Crippen molar-refractivity contribution in [1.82, 2.24) is 24.9 Å². The van der Waals surface area contributed by atoms with E-state index in [4.69, 9.17) is 21.1 Å². The molecule has 0 aliphatic heterocycles. The van der Waals surface area contributed by atoms with Crippen molar-refractivity contribution in [3.63, 3.8) is 0 Å². The van der Waals surface area contributed by atoms with Gasteiger partial charge in [-0.2, -0.15) is 4.98 Å². The third-order valence-corrected chi connectivity index (χ3v) is 6.97. The highest BCUT2D eigenvalue weighted by Gasteiger charge is 2.18. The molecular formula is C24H18ClN5O4S. The minimum absolute atomic E-state index is 0.0230. The number of H-pyrrole nitrogens is 1. The number of ether oxygens (including phenoxy) is 2. The average Bonchev–Trinajstić information content (AvgIpc) is 3.29. The van der Waals surface area contributed by atoms with Crippen LogP contribution in [0.15, 0.2) is 78.2 Å². The van der Waals surface area contributed by atoms with Crippen LogP contribution in [0.4, 0.5) is 0 Å². The highest BCUT2D eigenvalue weighted by atomic mass is 35.5. The van der Waals surface area contributed by atoms with Gasteiger partial charge in [0.05, 0.1) is 23.3 Å². The number of aromatic amines is 1.